The van der Waals surface area contributed by atoms with Gasteiger partial charge in [0, 0.05) is 13.0 Å². The van der Waals surface area contributed by atoms with Gasteiger partial charge in [0.05, 0.1) is 19.3 Å². The SMILES string of the molecule is CCC(C)c1ccc(O)cc1.CCC(C)c1ccc(O)cc1.CCC(C)c1ccc(O)cc1.CCC(C)c1ccc(O)cc1.CCC(C)c1ccc(OC(C)OC(C)C)cc1.CCC(C)c1ccc(OC(C)OCC(C)C)cc1.CCC(C)c1ccc(OC2CCCCO2)cc1.CCOC(C)Oc1ccc(C(C)CC)cc1. The molecule has 8 aromatic rings. The molecule has 1 saturated heterocycles. The molecule has 622 valence electrons. The summed E-state index contributed by atoms with van der Waals surface area (Å²) < 4.78 is 44.8. The molecule has 0 amide bonds. The van der Waals surface area contributed by atoms with E-state index in [1.807, 2.05) is 126 Å². The molecule has 1 aliphatic rings. The van der Waals surface area contributed by atoms with Gasteiger partial charge < -0.3 is 58.3 Å². The van der Waals surface area contributed by atoms with Crippen LogP contribution in [0.2, 0.25) is 0 Å². The van der Waals surface area contributed by atoms with Crippen LogP contribution in [0.4, 0.5) is 0 Å². The van der Waals surface area contributed by atoms with Crippen molar-refractivity contribution in [1.82, 2.24) is 0 Å². The summed E-state index contributed by atoms with van der Waals surface area (Å²) in [6, 6.07) is 63.0. The van der Waals surface area contributed by atoms with Crippen LogP contribution in [0.1, 0.15) is 329 Å². The maximum Gasteiger partial charge on any atom is 0.199 e. The van der Waals surface area contributed by atoms with Crippen LogP contribution >= 0.6 is 0 Å². The van der Waals surface area contributed by atoms with Crippen molar-refractivity contribution >= 4 is 0 Å². The average Bonchev–Trinajstić information content (AvgIpc) is 0.527. The molecular formula is C100H150O12. The zero-order valence-electron chi connectivity index (χ0n) is 73.5. The minimum Gasteiger partial charge on any atom is -0.508 e. The van der Waals surface area contributed by atoms with Gasteiger partial charge in [-0.05, 0) is 301 Å². The van der Waals surface area contributed by atoms with Crippen LogP contribution in [-0.2, 0) is 18.9 Å². The molecule has 0 saturated carbocycles. The lowest BCUT2D eigenvalue weighted by Gasteiger charge is -2.23. The fourth-order valence-corrected chi connectivity index (χ4v) is 11.2. The lowest BCUT2D eigenvalue weighted by atomic mass is 9.99. The smallest absolute Gasteiger partial charge is 0.199 e. The second kappa shape index (κ2) is 57.9. The van der Waals surface area contributed by atoms with Crippen LogP contribution in [0.25, 0.3) is 0 Å². The van der Waals surface area contributed by atoms with Crippen LogP contribution in [0.15, 0.2) is 194 Å². The van der Waals surface area contributed by atoms with E-state index in [4.69, 9.17) is 58.3 Å². The van der Waals surface area contributed by atoms with Crippen molar-refractivity contribution in [2.45, 2.75) is 315 Å². The molecular weight excluding hydrogens is 1390 g/mol. The van der Waals surface area contributed by atoms with Crippen molar-refractivity contribution in [2.75, 3.05) is 19.8 Å². The van der Waals surface area contributed by atoms with Crippen molar-refractivity contribution in [3.63, 3.8) is 0 Å². The summed E-state index contributed by atoms with van der Waals surface area (Å²) in [7, 11) is 0. The standard InChI is InChI=1S/C16H26O2.C15H22O2.C15H24O2.C14H22O2.4C10H14O/c1-6-13(4)15-7-9-16(10-8-15)18-14(5)17-11-12(2)3;1-3-12(2)13-7-9-14(10-8-13)17-15-6-4-5-11-16-15;1-6-12(4)14-7-9-15(10-8-14)17-13(5)16-11(2)3;1-5-11(3)13-7-9-14(10-8-13)16-12(4)15-6-2;4*1-3-8(2)9-4-6-10(11)7-5-9/h7-10,12-14H,6,11H2,1-5H3;7-10,12,15H,3-6,11H2,1-2H3;7-13H,6H2,1-5H3;7-12H,5-6H2,1-4H3;4*4-8,11H,3H2,1-2H3. The zero-order valence-corrected chi connectivity index (χ0v) is 73.5. The lowest BCUT2D eigenvalue weighted by Crippen LogP contribution is -2.24. The molecule has 12 nitrogen and oxygen atoms in total. The quantitative estimate of drug-likeness (QED) is 0.0306. The Morgan fingerprint density at radius 2 is 0.527 bits per heavy atom. The Kier molecular flexibility index (Phi) is 51.8. The molecule has 4 N–H and O–H groups in total. The molecule has 12 unspecified atom stereocenters. The fourth-order valence-electron chi connectivity index (χ4n) is 11.2. The molecule has 1 heterocycles. The topological polar surface area (TPSA) is 155 Å². The molecule has 12 heteroatoms. The van der Waals surface area contributed by atoms with Gasteiger partial charge in [-0.15, -0.1) is 0 Å². The molecule has 12 atom stereocenters. The molecule has 1 fully saturated rings. The van der Waals surface area contributed by atoms with Gasteiger partial charge >= 0.3 is 0 Å². The lowest BCUT2D eigenvalue weighted by molar-refractivity contribution is -0.105. The monoisotopic (exact) mass is 1540 g/mol. The fraction of sp³-hybridized carbons (Fsp3) is 0.520. The third kappa shape index (κ3) is 42.8. The minimum absolute atomic E-state index is 0.0433. The molecule has 0 bridgehead atoms. The normalized spacial score (nSPS) is 15.1. The molecule has 0 spiro atoms. The van der Waals surface area contributed by atoms with Crippen LogP contribution < -0.4 is 18.9 Å². The highest BCUT2D eigenvalue weighted by molar-refractivity contribution is 5.34. The maximum atomic E-state index is 9.01. The number of phenols is 4. The second-order valence-electron chi connectivity index (χ2n) is 30.5. The third-order valence-electron chi connectivity index (χ3n) is 20.4. The number of aromatic hydroxyl groups is 4. The van der Waals surface area contributed by atoms with E-state index < -0.39 is 0 Å². The van der Waals surface area contributed by atoms with Gasteiger partial charge in [-0.25, -0.2) is 0 Å². The first-order valence-corrected chi connectivity index (χ1v) is 42.2. The van der Waals surface area contributed by atoms with Gasteiger partial charge in [0.15, 0.2) is 25.2 Å². The Morgan fingerprint density at radius 3 is 0.741 bits per heavy atom. The maximum absolute atomic E-state index is 9.01. The first-order valence-electron chi connectivity index (χ1n) is 42.2. The third-order valence-corrected chi connectivity index (χ3v) is 20.4. The van der Waals surface area contributed by atoms with E-state index in [2.05, 4.69) is 185 Å². The summed E-state index contributed by atoms with van der Waals surface area (Å²) in [5.41, 5.74) is 10.6. The highest BCUT2D eigenvalue weighted by atomic mass is 16.7. The van der Waals surface area contributed by atoms with Crippen LogP contribution in [-0.4, -0.2) is 71.5 Å². The predicted octanol–water partition coefficient (Wildman–Crippen LogP) is 28.6. The highest BCUT2D eigenvalue weighted by Gasteiger charge is 2.17. The van der Waals surface area contributed by atoms with Crippen molar-refractivity contribution in [2.24, 2.45) is 5.92 Å². The van der Waals surface area contributed by atoms with Crippen LogP contribution in [0.5, 0.6) is 46.0 Å². The second-order valence-corrected chi connectivity index (χ2v) is 30.5. The minimum atomic E-state index is -0.204. The average molecular weight is 1540 g/mol. The molecule has 0 aromatic heterocycles. The van der Waals surface area contributed by atoms with E-state index in [0.29, 0.717) is 82.9 Å². The van der Waals surface area contributed by atoms with E-state index in [1.54, 1.807) is 48.5 Å². The highest BCUT2D eigenvalue weighted by Crippen LogP contribution is 2.30. The molecule has 1 aliphatic heterocycles. The Morgan fingerprint density at radius 1 is 0.295 bits per heavy atom. The number of hydrogen-bond acceptors (Lipinski definition) is 12. The van der Waals surface area contributed by atoms with Crippen molar-refractivity contribution in [3.8, 4) is 46.0 Å². The van der Waals surface area contributed by atoms with Crippen LogP contribution in [0.3, 0.4) is 0 Å². The predicted molar refractivity (Wildman–Crippen MR) is 471 cm³/mol. The first kappa shape index (κ1) is 100. The van der Waals surface area contributed by atoms with Gasteiger partial charge in [-0.3, -0.25) is 0 Å². The molecule has 9 rings (SSSR count). The van der Waals surface area contributed by atoms with E-state index in [9.17, 15) is 0 Å². The van der Waals surface area contributed by atoms with Crippen molar-refractivity contribution in [3.05, 3.63) is 239 Å². The van der Waals surface area contributed by atoms with Gasteiger partial charge in [0.25, 0.3) is 0 Å². The van der Waals surface area contributed by atoms with Crippen molar-refractivity contribution < 1.29 is 58.3 Å². The largest absolute Gasteiger partial charge is 0.508 e. The summed E-state index contributed by atoms with van der Waals surface area (Å²) >= 11 is 0. The van der Waals surface area contributed by atoms with E-state index in [-0.39, 0.29) is 31.3 Å². The van der Waals surface area contributed by atoms with Crippen LogP contribution in [0, 0.1) is 5.92 Å². The Balaban J connectivity index is 0.000000438. The first-order chi connectivity index (χ1) is 53.5. The number of phenolic OH excluding ortho intramolecular Hbond substituents is 4. The van der Waals surface area contributed by atoms with Gasteiger partial charge in [0.2, 0.25) is 0 Å². The molecule has 112 heavy (non-hydrogen) atoms. The summed E-state index contributed by atoms with van der Waals surface area (Å²) in [4.78, 5) is 0. The molecule has 8 aromatic carbocycles. The summed E-state index contributed by atoms with van der Waals surface area (Å²) in [5, 5.41) is 36.0. The molecule has 0 radical (unpaired) electrons. The van der Waals surface area contributed by atoms with E-state index in [1.165, 1.54) is 57.3 Å². The number of rotatable bonds is 31. The van der Waals surface area contributed by atoms with Crippen molar-refractivity contribution in [1.29, 1.82) is 0 Å². The number of ether oxygens (including phenoxy) is 8. The Bertz CT molecular complexity index is 3330. The summed E-state index contributed by atoms with van der Waals surface area (Å²) in [6.45, 7) is 53.4. The van der Waals surface area contributed by atoms with E-state index in [0.717, 1.165) is 94.0 Å². The Labute approximate surface area is 680 Å². The summed E-state index contributed by atoms with van der Waals surface area (Å²) in [6.07, 6.45) is 12.2. The van der Waals surface area contributed by atoms with Gasteiger partial charge in [-0.2, -0.15) is 0 Å². The summed E-state index contributed by atoms with van der Waals surface area (Å²) in [5.74, 6) is 10.3. The number of benzene rings is 8. The Hall–Kier alpha value is -8.00. The molecule has 0 aliphatic carbocycles. The van der Waals surface area contributed by atoms with Gasteiger partial charge in [0.1, 0.15) is 46.0 Å². The van der Waals surface area contributed by atoms with E-state index >= 15 is 0 Å². The number of hydrogen-bond donors (Lipinski definition) is 4. The van der Waals surface area contributed by atoms with Gasteiger partial charge in [-0.1, -0.05) is 222 Å². The zero-order chi connectivity index (χ0) is 83.5.